The molecule has 0 amide bonds. The molecule has 7 heteroatoms. The molecule has 0 saturated carbocycles. The van der Waals surface area contributed by atoms with Gasteiger partial charge in [0.15, 0.2) is 0 Å². The van der Waals surface area contributed by atoms with Gasteiger partial charge in [0.2, 0.25) is 0 Å². The summed E-state index contributed by atoms with van der Waals surface area (Å²) in [5.41, 5.74) is 1.51. The largest absolute Gasteiger partial charge is 0.525 e. The zero-order valence-corrected chi connectivity index (χ0v) is 15.6. The van der Waals surface area contributed by atoms with Crippen LogP contribution in [0.15, 0.2) is 36.2 Å². The van der Waals surface area contributed by atoms with Crippen molar-refractivity contribution in [2.75, 3.05) is 0 Å². The molecule has 0 bridgehead atoms. The van der Waals surface area contributed by atoms with Crippen molar-refractivity contribution in [2.24, 2.45) is 0 Å². The van der Waals surface area contributed by atoms with Gasteiger partial charge in [0.1, 0.15) is 11.4 Å². The predicted octanol–water partition coefficient (Wildman–Crippen LogP) is 3.56. The molecule has 5 nitrogen and oxygen atoms in total. The minimum Gasteiger partial charge on any atom is -0.398 e. The first kappa shape index (κ1) is 17.4. The van der Waals surface area contributed by atoms with Gasteiger partial charge in [-0.1, -0.05) is 29.5 Å². The quantitative estimate of drug-likeness (QED) is 0.790. The van der Waals surface area contributed by atoms with Crippen molar-refractivity contribution in [3.63, 3.8) is 0 Å². The van der Waals surface area contributed by atoms with Crippen LogP contribution in [0, 0.1) is 0 Å². The highest BCUT2D eigenvalue weighted by atomic mass is 19.1. The molecule has 0 atom stereocenters. The van der Waals surface area contributed by atoms with Crippen LogP contribution in [0.4, 0.5) is 4.39 Å². The molecular formula is C19H23BFN3O2. The summed E-state index contributed by atoms with van der Waals surface area (Å²) in [7, 11) is -1.01. The molecule has 26 heavy (non-hydrogen) atoms. The number of halogens is 1. The van der Waals surface area contributed by atoms with E-state index < -0.39 is 24.0 Å². The van der Waals surface area contributed by atoms with Gasteiger partial charge in [-0.3, -0.25) is 0 Å². The average Bonchev–Trinajstić information content (AvgIpc) is 3.23. The SMILES string of the molecule is CC1(C)OB(C(F)=Cc2cn(C3Cc4ccccc4C3)nn2)OC1(C)C. The number of benzene rings is 1. The highest BCUT2D eigenvalue weighted by Crippen LogP contribution is 2.39. The van der Waals surface area contributed by atoms with E-state index in [1.165, 1.54) is 17.2 Å². The van der Waals surface area contributed by atoms with Crippen molar-refractivity contribution in [2.45, 2.75) is 57.8 Å². The van der Waals surface area contributed by atoms with Crippen LogP contribution in [-0.4, -0.2) is 33.3 Å². The van der Waals surface area contributed by atoms with Crippen LogP contribution in [0.1, 0.15) is 50.6 Å². The predicted molar refractivity (Wildman–Crippen MR) is 98.1 cm³/mol. The lowest BCUT2D eigenvalue weighted by Crippen LogP contribution is -2.41. The first-order valence-corrected chi connectivity index (χ1v) is 8.96. The van der Waals surface area contributed by atoms with E-state index in [0.29, 0.717) is 5.69 Å². The number of nitrogens with zero attached hydrogens (tertiary/aromatic N) is 3. The molecule has 1 fully saturated rings. The zero-order valence-electron chi connectivity index (χ0n) is 15.6. The summed E-state index contributed by atoms with van der Waals surface area (Å²) in [5, 5.41) is 8.29. The van der Waals surface area contributed by atoms with Crippen molar-refractivity contribution >= 4 is 13.2 Å². The first-order chi connectivity index (χ1) is 12.2. The lowest BCUT2D eigenvalue weighted by molar-refractivity contribution is 0.00578. The maximum atomic E-state index is 14.6. The molecule has 1 aromatic carbocycles. The van der Waals surface area contributed by atoms with E-state index in [4.69, 9.17) is 9.31 Å². The van der Waals surface area contributed by atoms with E-state index in [2.05, 4.69) is 34.6 Å². The summed E-state index contributed by atoms with van der Waals surface area (Å²) < 4.78 is 27.9. The summed E-state index contributed by atoms with van der Waals surface area (Å²) in [6.45, 7) is 7.59. The van der Waals surface area contributed by atoms with Crippen LogP contribution < -0.4 is 0 Å². The monoisotopic (exact) mass is 355 g/mol. The maximum Gasteiger partial charge on any atom is 0.525 e. The second-order valence-electron chi connectivity index (χ2n) is 8.07. The van der Waals surface area contributed by atoms with Gasteiger partial charge in [-0.2, -0.15) is 0 Å². The van der Waals surface area contributed by atoms with Crippen LogP contribution in [0.25, 0.3) is 6.08 Å². The molecule has 2 aliphatic rings. The molecule has 0 radical (unpaired) electrons. The summed E-state index contributed by atoms with van der Waals surface area (Å²) in [6, 6.07) is 8.62. The fraction of sp³-hybridized carbons (Fsp3) is 0.474. The Balaban J connectivity index is 1.48. The summed E-state index contributed by atoms with van der Waals surface area (Å²) in [5.74, 6) is 0. The Kier molecular flexibility index (Phi) is 4.04. The van der Waals surface area contributed by atoms with Gasteiger partial charge >= 0.3 is 7.12 Å². The van der Waals surface area contributed by atoms with Gasteiger partial charge in [0.05, 0.1) is 23.4 Å². The molecule has 1 aromatic heterocycles. The molecule has 0 unspecified atom stereocenters. The minimum atomic E-state index is -1.01. The van der Waals surface area contributed by atoms with Crippen molar-refractivity contribution in [1.29, 1.82) is 0 Å². The summed E-state index contributed by atoms with van der Waals surface area (Å²) >= 11 is 0. The van der Waals surface area contributed by atoms with E-state index in [1.54, 1.807) is 6.20 Å². The third-order valence-electron chi connectivity index (χ3n) is 5.70. The molecular weight excluding hydrogens is 332 g/mol. The Morgan fingerprint density at radius 3 is 2.31 bits per heavy atom. The van der Waals surface area contributed by atoms with E-state index in [-0.39, 0.29) is 6.04 Å². The maximum absolute atomic E-state index is 14.6. The van der Waals surface area contributed by atoms with Gasteiger partial charge in [0.25, 0.3) is 0 Å². The molecule has 1 aliphatic heterocycles. The second kappa shape index (κ2) is 6.03. The Bertz CT molecular complexity index is 821. The summed E-state index contributed by atoms with van der Waals surface area (Å²) in [4.78, 5) is 0. The normalized spacial score (nSPS) is 22.0. The number of hydrogen-bond acceptors (Lipinski definition) is 4. The first-order valence-electron chi connectivity index (χ1n) is 8.96. The Hall–Kier alpha value is -1.99. The van der Waals surface area contributed by atoms with Crippen molar-refractivity contribution in [3.05, 3.63) is 53.0 Å². The van der Waals surface area contributed by atoms with E-state index in [0.717, 1.165) is 12.8 Å². The van der Waals surface area contributed by atoms with Crippen LogP contribution in [0.2, 0.25) is 0 Å². The molecule has 2 heterocycles. The van der Waals surface area contributed by atoms with Gasteiger partial charge < -0.3 is 9.31 Å². The molecule has 1 saturated heterocycles. The highest BCUT2D eigenvalue weighted by molar-refractivity contribution is 6.54. The Morgan fingerprint density at radius 1 is 1.15 bits per heavy atom. The van der Waals surface area contributed by atoms with Gasteiger partial charge in [-0.15, -0.1) is 5.10 Å². The fourth-order valence-corrected chi connectivity index (χ4v) is 3.42. The number of aromatic nitrogens is 3. The lowest BCUT2D eigenvalue weighted by atomic mass is 9.87. The fourth-order valence-electron chi connectivity index (χ4n) is 3.42. The van der Waals surface area contributed by atoms with Crippen LogP contribution in [0.3, 0.4) is 0 Å². The lowest BCUT2D eigenvalue weighted by Gasteiger charge is -2.32. The Morgan fingerprint density at radius 2 is 1.73 bits per heavy atom. The van der Waals surface area contributed by atoms with Gasteiger partial charge in [-0.25, -0.2) is 9.07 Å². The molecule has 1 aliphatic carbocycles. The van der Waals surface area contributed by atoms with Gasteiger partial charge in [0, 0.05) is 0 Å². The van der Waals surface area contributed by atoms with E-state index in [1.807, 2.05) is 32.4 Å². The van der Waals surface area contributed by atoms with Crippen molar-refractivity contribution < 1.29 is 13.7 Å². The van der Waals surface area contributed by atoms with E-state index >= 15 is 0 Å². The van der Waals surface area contributed by atoms with E-state index in [9.17, 15) is 4.39 Å². The molecule has 2 aromatic rings. The zero-order chi connectivity index (χ0) is 18.5. The molecule has 0 N–H and O–H groups in total. The summed E-state index contributed by atoms with van der Waals surface area (Å²) in [6.07, 6.45) is 4.96. The van der Waals surface area contributed by atoms with Crippen LogP contribution >= 0.6 is 0 Å². The molecule has 4 rings (SSSR count). The second-order valence-corrected chi connectivity index (χ2v) is 8.07. The molecule has 136 valence electrons. The average molecular weight is 355 g/mol. The number of fused-ring (bicyclic) bond motifs is 1. The minimum absolute atomic E-state index is 0.224. The Labute approximate surface area is 153 Å². The van der Waals surface area contributed by atoms with Gasteiger partial charge in [-0.05, 0) is 57.7 Å². The number of hydrogen-bond donors (Lipinski definition) is 0. The third kappa shape index (κ3) is 2.99. The third-order valence-corrected chi connectivity index (χ3v) is 5.70. The standard InChI is InChI=1S/C19H23BFN3O2/c1-18(2)19(3,4)26-20(25-18)17(21)11-15-12-24(23-22-15)16-9-13-7-5-6-8-14(13)10-16/h5-8,11-12,16H,9-10H2,1-4H3. The number of rotatable bonds is 3. The van der Waals surface area contributed by atoms with Crippen molar-refractivity contribution in [1.82, 2.24) is 15.0 Å². The highest BCUT2D eigenvalue weighted by Gasteiger charge is 2.53. The smallest absolute Gasteiger partial charge is 0.398 e. The van der Waals surface area contributed by atoms with Crippen molar-refractivity contribution in [3.8, 4) is 0 Å². The van der Waals surface area contributed by atoms with Crippen LogP contribution in [0.5, 0.6) is 0 Å². The topological polar surface area (TPSA) is 49.2 Å². The molecule has 0 spiro atoms. The van der Waals surface area contributed by atoms with Crippen LogP contribution in [-0.2, 0) is 22.2 Å².